The van der Waals surface area contributed by atoms with Crippen LogP contribution in [0.1, 0.15) is 28.4 Å². The predicted molar refractivity (Wildman–Crippen MR) is 81.2 cm³/mol. The number of thiazole rings is 1. The maximum Gasteiger partial charge on any atom is 0.124 e. The summed E-state index contributed by atoms with van der Waals surface area (Å²) in [6.45, 7) is 4.00. The first kappa shape index (κ1) is 13.9. The summed E-state index contributed by atoms with van der Waals surface area (Å²) in [5, 5.41) is 4.23. The van der Waals surface area contributed by atoms with E-state index in [1.807, 2.05) is 20.0 Å². The lowest BCUT2D eigenvalue weighted by Gasteiger charge is -2.16. The number of nitrogens with zero attached hydrogens (tertiary/aromatic N) is 1. The first-order valence-electron chi connectivity index (χ1n) is 5.75. The van der Waals surface area contributed by atoms with Crippen LogP contribution < -0.4 is 11.1 Å². The highest BCUT2D eigenvalue weighted by molar-refractivity contribution is 7.80. The number of aromatic nitrogens is 1. The van der Waals surface area contributed by atoms with Crippen LogP contribution in [0.15, 0.2) is 24.4 Å². The molecule has 0 aliphatic carbocycles. The van der Waals surface area contributed by atoms with Crippen LogP contribution in [-0.2, 0) is 0 Å². The van der Waals surface area contributed by atoms with Gasteiger partial charge in [-0.05, 0) is 32.0 Å². The van der Waals surface area contributed by atoms with Crippen molar-refractivity contribution < 1.29 is 4.39 Å². The van der Waals surface area contributed by atoms with Crippen molar-refractivity contribution in [2.24, 2.45) is 5.73 Å². The lowest BCUT2D eigenvalue weighted by atomic mass is 10.1. The number of anilines is 1. The monoisotopic (exact) mass is 295 g/mol. The molecule has 0 aliphatic rings. The van der Waals surface area contributed by atoms with Crippen molar-refractivity contribution in [2.75, 3.05) is 5.32 Å². The topological polar surface area (TPSA) is 50.9 Å². The van der Waals surface area contributed by atoms with E-state index in [0.29, 0.717) is 11.3 Å². The van der Waals surface area contributed by atoms with Crippen molar-refractivity contribution in [1.82, 2.24) is 4.98 Å². The van der Waals surface area contributed by atoms with Crippen molar-refractivity contribution in [1.29, 1.82) is 0 Å². The second-order valence-corrected chi connectivity index (χ2v) is 5.94. The van der Waals surface area contributed by atoms with Crippen molar-refractivity contribution in [3.63, 3.8) is 0 Å². The average molecular weight is 295 g/mol. The summed E-state index contributed by atoms with van der Waals surface area (Å²) in [6, 6.07) is 4.37. The molecule has 100 valence electrons. The number of hydrogen-bond donors (Lipinski definition) is 2. The summed E-state index contributed by atoms with van der Waals surface area (Å²) in [4.78, 5) is 5.64. The van der Waals surface area contributed by atoms with Gasteiger partial charge in [0.15, 0.2) is 0 Å². The standard InChI is InChI=1S/C13H14FN3S2/c1-7-6-16-13(19-7)8(2)17-11-4-3-9(14)5-10(11)12(15)18/h3-6,8,17H,1-2H3,(H2,15,18). The Morgan fingerprint density at radius 3 is 2.84 bits per heavy atom. The quantitative estimate of drug-likeness (QED) is 0.849. The zero-order valence-electron chi connectivity index (χ0n) is 10.6. The fourth-order valence-corrected chi connectivity index (χ4v) is 2.66. The molecule has 1 aromatic carbocycles. The summed E-state index contributed by atoms with van der Waals surface area (Å²) >= 11 is 6.56. The fraction of sp³-hybridized carbons (Fsp3) is 0.231. The van der Waals surface area contributed by atoms with Crippen LogP contribution in [0.5, 0.6) is 0 Å². The van der Waals surface area contributed by atoms with Crippen LogP contribution in [0.25, 0.3) is 0 Å². The Morgan fingerprint density at radius 2 is 2.26 bits per heavy atom. The van der Waals surface area contributed by atoms with Gasteiger partial charge in [-0.3, -0.25) is 0 Å². The third-order valence-electron chi connectivity index (χ3n) is 2.63. The van der Waals surface area contributed by atoms with Gasteiger partial charge in [-0.1, -0.05) is 12.2 Å². The van der Waals surface area contributed by atoms with Crippen LogP contribution >= 0.6 is 23.6 Å². The van der Waals surface area contributed by atoms with E-state index in [1.54, 1.807) is 17.4 Å². The largest absolute Gasteiger partial charge is 0.389 e. The molecule has 1 atom stereocenters. The molecule has 0 saturated carbocycles. The molecule has 0 amide bonds. The summed E-state index contributed by atoms with van der Waals surface area (Å²) in [5.41, 5.74) is 6.84. The van der Waals surface area contributed by atoms with Crippen molar-refractivity contribution in [3.8, 4) is 0 Å². The normalized spacial score (nSPS) is 12.2. The molecule has 6 heteroatoms. The number of rotatable bonds is 4. The van der Waals surface area contributed by atoms with Gasteiger partial charge >= 0.3 is 0 Å². The summed E-state index contributed by atoms with van der Waals surface area (Å²) in [6.07, 6.45) is 1.83. The van der Waals surface area contributed by atoms with E-state index >= 15 is 0 Å². The third-order valence-corrected chi connectivity index (χ3v) is 3.94. The fourth-order valence-electron chi connectivity index (χ4n) is 1.71. The minimum atomic E-state index is -0.355. The Hall–Kier alpha value is -1.53. The van der Waals surface area contributed by atoms with Crippen molar-refractivity contribution >= 4 is 34.2 Å². The highest BCUT2D eigenvalue weighted by Gasteiger charge is 2.13. The molecular formula is C13H14FN3S2. The van der Waals surface area contributed by atoms with Crippen LogP contribution in [0, 0.1) is 12.7 Å². The van der Waals surface area contributed by atoms with Crippen LogP contribution in [-0.4, -0.2) is 9.97 Å². The van der Waals surface area contributed by atoms with E-state index < -0.39 is 0 Å². The molecule has 19 heavy (non-hydrogen) atoms. The Labute approximate surface area is 120 Å². The second kappa shape index (κ2) is 5.63. The molecule has 3 N–H and O–H groups in total. The van der Waals surface area contributed by atoms with Gasteiger partial charge in [0.1, 0.15) is 15.8 Å². The van der Waals surface area contributed by atoms with Gasteiger partial charge < -0.3 is 11.1 Å². The van der Waals surface area contributed by atoms with E-state index in [0.717, 1.165) is 9.88 Å². The van der Waals surface area contributed by atoms with E-state index in [1.165, 1.54) is 12.1 Å². The highest BCUT2D eigenvalue weighted by Crippen LogP contribution is 2.25. The van der Waals surface area contributed by atoms with Gasteiger partial charge in [0.25, 0.3) is 0 Å². The first-order valence-corrected chi connectivity index (χ1v) is 6.98. The van der Waals surface area contributed by atoms with Crippen LogP contribution in [0.3, 0.4) is 0 Å². The van der Waals surface area contributed by atoms with E-state index in [4.69, 9.17) is 18.0 Å². The van der Waals surface area contributed by atoms with Gasteiger partial charge in [0, 0.05) is 22.3 Å². The van der Waals surface area contributed by atoms with Crippen molar-refractivity contribution in [3.05, 3.63) is 45.7 Å². The summed E-state index contributed by atoms with van der Waals surface area (Å²) < 4.78 is 13.2. The molecule has 0 fully saturated rings. The maximum atomic E-state index is 13.2. The lowest BCUT2D eigenvalue weighted by molar-refractivity contribution is 0.627. The first-order chi connectivity index (χ1) is 8.97. The Kier molecular flexibility index (Phi) is 4.11. The molecule has 1 aromatic heterocycles. The second-order valence-electron chi connectivity index (χ2n) is 4.23. The number of nitrogens with two attached hydrogens (primary N) is 1. The number of benzene rings is 1. The SMILES string of the molecule is Cc1cnc(C(C)Nc2ccc(F)cc2C(N)=S)s1. The summed E-state index contributed by atoms with van der Waals surface area (Å²) in [5.74, 6) is -0.355. The van der Waals surface area contributed by atoms with E-state index in [-0.39, 0.29) is 16.8 Å². The van der Waals surface area contributed by atoms with Crippen LogP contribution in [0.2, 0.25) is 0 Å². The molecule has 1 unspecified atom stereocenters. The molecule has 0 aliphatic heterocycles. The van der Waals surface area contributed by atoms with Crippen molar-refractivity contribution in [2.45, 2.75) is 19.9 Å². The minimum Gasteiger partial charge on any atom is -0.389 e. The van der Waals surface area contributed by atoms with Gasteiger partial charge in [0.2, 0.25) is 0 Å². The number of thiocarbonyl (C=S) groups is 1. The molecule has 2 aromatic rings. The number of aryl methyl sites for hydroxylation is 1. The maximum absolute atomic E-state index is 13.2. The smallest absolute Gasteiger partial charge is 0.124 e. The zero-order valence-corrected chi connectivity index (χ0v) is 12.2. The van der Waals surface area contributed by atoms with Gasteiger partial charge in [-0.2, -0.15) is 0 Å². The van der Waals surface area contributed by atoms with E-state index in [9.17, 15) is 4.39 Å². The highest BCUT2D eigenvalue weighted by atomic mass is 32.1. The molecule has 3 nitrogen and oxygen atoms in total. The molecule has 0 bridgehead atoms. The molecule has 0 radical (unpaired) electrons. The minimum absolute atomic E-state index is 0.0114. The number of halogens is 1. The van der Waals surface area contributed by atoms with Gasteiger partial charge in [-0.25, -0.2) is 9.37 Å². The third kappa shape index (κ3) is 3.27. The Morgan fingerprint density at radius 1 is 1.53 bits per heavy atom. The number of hydrogen-bond acceptors (Lipinski definition) is 4. The molecular weight excluding hydrogens is 281 g/mol. The van der Waals surface area contributed by atoms with Crippen LogP contribution in [0.4, 0.5) is 10.1 Å². The molecule has 0 spiro atoms. The molecule has 2 rings (SSSR count). The Balaban J connectivity index is 2.26. The lowest BCUT2D eigenvalue weighted by Crippen LogP contribution is -2.15. The number of nitrogens with one attached hydrogen (secondary N) is 1. The Bertz CT molecular complexity index is 610. The van der Waals surface area contributed by atoms with E-state index in [2.05, 4.69) is 10.3 Å². The molecule has 1 heterocycles. The predicted octanol–water partition coefficient (Wildman–Crippen LogP) is 3.40. The van der Waals surface area contributed by atoms with Gasteiger partial charge in [-0.15, -0.1) is 11.3 Å². The summed E-state index contributed by atoms with van der Waals surface area (Å²) in [7, 11) is 0. The zero-order chi connectivity index (χ0) is 14.0. The molecule has 0 saturated heterocycles. The van der Waals surface area contributed by atoms with Gasteiger partial charge in [0.05, 0.1) is 6.04 Å². The average Bonchev–Trinajstić information content (AvgIpc) is 2.78.